The lowest BCUT2D eigenvalue weighted by atomic mass is 9.86. The fourth-order valence-electron chi connectivity index (χ4n) is 3.29. The van der Waals surface area contributed by atoms with Crippen LogP contribution in [0, 0.1) is 0 Å². The highest BCUT2D eigenvalue weighted by Crippen LogP contribution is 2.32. The molecule has 28 heavy (non-hydrogen) atoms. The van der Waals surface area contributed by atoms with Crippen LogP contribution >= 0.6 is 23.2 Å². The zero-order valence-corrected chi connectivity index (χ0v) is 16.6. The maximum atomic E-state index is 12.9. The van der Waals surface area contributed by atoms with Crippen molar-refractivity contribution in [3.63, 3.8) is 0 Å². The molecule has 0 aliphatic heterocycles. The number of aromatic nitrogens is 2. The molecule has 6 heteroatoms. The summed E-state index contributed by atoms with van der Waals surface area (Å²) in [5, 5.41) is 0.953. The fourth-order valence-corrected chi connectivity index (χ4v) is 3.65. The number of aryl methyl sites for hydroxylation is 1. The normalized spacial score (nSPS) is 14.9. The maximum Gasteiger partial charge on any atom is 0.189 e. The quantitative estimate of drug-likeness (QED) is 0.520. The average Bonchev–Trinajstić information content (AvgIpc) is 3.21. The molecule has 1 heterocycles. The van der Waals surface area contributed by atoms with E-state index in [0.29, 0.717) is 23.1 Å². The molecule has 0 saturated carbocycles. The molecule has 0 amide bonds. The van der Waals surface area contributed by atoms with Gasteiger partial charge >= 0.3 is 0 Å². The molecule has 4 rings (SSSR count). The number of benzene rings is 2. The van der Waals surface area contributed by atoms with E-state index in [9.17, 15) is 4.79 Å². The molecule has 0 fully saturated rings. The largest absolute Gasteiger partial charge is 0.492 e. The summed E-state index contributed by atoms with van der Waals surface area (Å²) in [6, 6.07) is 11.1. The first-order valence-electron chi connectivity index (χ1n) is 9.02. The third-order valence-corrected chi connectivity index (χ3v) is 5.60. The van der Waals surface area contributed by atoms with Crippen molar-refractivity contribution >= 4 is 35.1 Å². The van der Waals surface area contributed by atoms with Gasteiger partial charge in [-0.05, 0) is 54.3 Å². The van der Waals surface area contributed by atoms with Gasteiger partial charge in [0.25, 0.3) is 0 Å². The van der Waals surface area contributed by atoms with Gasteiger partial charge in [-0.2, -0.15) is 0 Å². The Morgan fingerprint density at radius 3 is 2.89 bits per heavy atom. The second-order valence-electron chi connectivity index (χ2n) is 6.61. The molecule has 0 unspecified atom stereocenters. The highest BCUT2D eigenvalue weighted by atomic mass is 35.5. The highest BCUT2D eigenvalue weighted by Gasteiger charge is 2.22. The summed E-state index contributed by atoms with van der Waals surface area (Å²) in [5.41, 5.74) is 3.24. The van der Waals surface area contributed by atoms with Crippen LogP contribution in [0.2, 0.25) is 10.0 Å². The summed E-state index contributed by atoms with van der Waals surface area (Å²) >= 11 is 12.3. The van der Waals surface area contributed by atoms with Gasteiger partial charge in [-0.15, -0.1) is 0 Å². The zero-order chi connectivity index (χ0) is 19.5. The van der Waals surface area contributed by atoms with Gasteiger partial charge in [0.2, 0.25) is 0 Å². The Morgan fingerprint density at radius 1 is 1.18 bits per heavy atom. The Balaban J connectivity index is 1.49. The van der Waals surface area contributed by atoms with E-state index in [0.717, 1.165) is 41.0 Å². The van der Waals surface area contributed by atoms with Crippen LogP contribution in [-0.2, 0) is 13.0 Å². The lowest BCUT2D eigenvalue weighted by molar-refractivity contribution is 0.102. The van der Waals surface area contributed by atoms with Crippen LogP contribution in [-0.4, -0.2) is 21.9 Å². The number of carbonyl (C=O) groups is 1. The van der Waals surface area contributed by atoms with Crippen molar-refractivity contribution in [3.8, 4) is 5.75 Å². The predicted molar refractivity (Wildman–Crippen MR) is 111 cm³/mol. The topological polar surface area (TPSA) is 44.1 Å². The van der Waals surface area contributed by atoms with Crippen LogP contribution in [0.15, 0.2) is 60.7 Å². The van der Waals surface area contributed by atoms with E-state index in [2.05, 4.69) is 4.98 Å². The molecule has 142 valence electrons. The van der Waals surface area contributed by atoms with Crippen molar-refractivity contribution in [3.05, 3.63) is 87.4 Å². The number of hydrogen-bond acceptors (Lipinski definition) is 3. The third kappa shape index (κ3) is 3.98. The van der Waals surface area contributed by atoms with Crippen LogP contribution in [0.5, 0.6) is 5.75 Å². The molecule has 0 radical (unpaired) electrons. The number of fused-ring (bicyclic) bond motifs is 1. The number of hydrogen-bond donors (Lipinski definition) is 0. The number of imidazole rings is 1. The van der Waals surface area contributed by atoms with Crippen molar-refractivity contribution in [2.45, 2.75) is 19.4 Å². The number of nitrogens with zero attached hydrogens (tertiary/aromatic N) is 2. The van der Waals surface area contributed by atoms with E-state index in [-0.39, 0.29) is 5.78 Å². The molecule has 0 atom stereocenters. The van der Waals surface area contributed by atoms with Crippen LogP contribution in [0.3, 0.4) is 0 Å². The van der Waals surface area contributed by atoms with Crippen molar-refractivity contribution in [2.24, 2.45) is 0 Å². The number of Topliss-reactive ketones (excluding diaryl/α,β-unsaturated/α-hetero) is 1. The maximum absolute atomic E-state index is 12.9. The summed E-state index contributed by atoms with van der Waals surface area (Å²) in [4.78, 5) is 16.9. The highest BCUT2D eigenvalue weighted by molar-refractivity contribution is 6.43. The monoisotopic (exact) mass is 412 g/mol. The van der Waals surface area contributed by atoms with Crippen molar-refractivity contribution in [1.82, 2.24) is 9.55 Å². The van der Waals surface area contributed by atoms with Crippen LogP contribution in [0.4, 0.5) is 0 Å². The first kappa shape index (κ1) is 18.8. The predicted octanol–water partition coefficient (Wildman–Crippen LogP) is 5.48. The van der Waals surface area contributed by atoms with E-state index in [1.807, 2.05) is 47.2 Å². The van der Waals surface area contributed by atoms with E-state index < -0.39 is 0 Å². The molecule has 3 aromatic rings. The molecule has 4 nitrogen and oxygen atoms in total. The Bertz CT molecular complexity index is 1040. The van der Waals surface area contributed by atoms with Gasteiger partial charge in [0.1, 0.15) is 12.4 Å². The van der Waals surface area contributed by atoms with E-state index in [1.165, 1.54) is 0 Å². The zero-order valence-electron chi connectivity index (χ0n) is 15.1. The average molecular weight is 413 g/mol. The van der Waals surface area contributed by atoms with Gasteiger partial charge in [-0.3, -0.25) is 4.79 Å². The Kier molecular flexibility index (Phi) is 5.51. The summed E-state index contributed by atoms with van der Waals surface area (Å²) < 4.78 is 7.78. The first-order valence-corrected chi connectivity index (χ1v) is 9.78. The van der Waals surface area contributed by atoms with Gasteiger partial charge in [0.05, 0.1) is 22.9 Å². The summed E-state index contributed by atoms with van der Waals surface area (Å²) in [6.45, 7) is 1.27. The Morgan fingerprint density at radius 2 is 2.07 bits per heavy atom. The van der Waals surface area contributed by atoms with Crippen LogP contribution in [0.1, 0.15) is 27.9 Å². The van der Waals surface area contributed by atoms with Gasteiger partial charge in [-0.1, -0.05) is 35.3 Å². The Labute approximate surface area is 173 Å². The number of ketones is 1. The molecule has 2 aromatic carbocycles. The minimum atomic E-state index is 0.0299. The lowest BCUT2D eigenvalue weighted by Gasteiger charge is -2.19. The van der Waals surface area contributed by atoms with E-state index in [1.54, 1.807) is 18.6 Å². The fraction of sp³-hybridized carbons (Fsp3) is 0.182. The molecular formula is C22H18Cl2N2O2. The van der Waals surface area contributed by atoms with Crippen LogP contribution < -0.4 is 4.74 Å². The number of carbonyl (C=O) groups excluding carboxylic acids is 1. The van der Waals surface area contributed by atoms with Crippen LogP contribution in [0.25, 0.3) is 6.08 Å². The van der Waals surface area contributed by atoms with E-state index in [4.69, 9.17) is 27.9 Å². The molecular weight excluding hydrogens is 395 g/mol. The number of allylic oxidation sites excluding steroid dienone is 1. The summed E-state index contributed by atoms with van der Waals surface area (Å²) in [7, 11) is 0. The van der Waals surface area contributed by atoms with Crippen molar-refractivity contribution in [2.75, 3.05) is 6.61 Å². The smallest absolute Gasteiger partial charge is 0.189 e. The molecule has 0 spiro atoms. The minimum Gasteiger partial charge on any atom is -0.492 e. The van der Waals surface area contributed by atoms with Gasteiger partial charge in [0.15, 0.2) is 5.78 Å². The third-order valence-electron chi connectivity index (χ3n) is 4.77. The minimum absolute atomic E-state index is 0.0299. The summed E-state index contributed by atoms with van der Waals surface area (Å²) in [6.07, 6.45) is 8.68. The van der Waals surface area contributed by atoms with Gasteiger partial charge < -0.3 is 9.30 Å². The van der Waals surface area contributed by atoms with E-state index >= 15 is 0 Å². The second kappa shape index (κ2) is 8.21. The molecule has 1 aromatic heterocycles. The first-order chi connectivity index (χ1) is 13.6. The van der Waals surface area contributed by atoms with Gasteiger partial charge in [0, 0.05) is 23.5 Å². The standard InChI is InChI=1S/C22H18Cl2N2O2/c23-20-3-1-2-16(21(20)24)12-17-5-4-15-13-18(6-7-19(15)22(17)27)28-11-10-26-9-8-25-14-26/h1-3,6-9,12-14H,4-5,10-11H2/b17-12+. The van der Waals surface area contributed by atoms with Gasteiger partial charge in [-0.25, -0.2) is 4.98 Å². The second-order valence-corrected chi connectivity index (χ2v) is 7.39. The molecule has 0 bridgehead atoms. The lowest BCUT2D eigenvalue weighted by Crippen LogP contribution is -2.14. The molecule has 0 N–H and O–H groups in total. The number of rotatable bonds is 5. The van der Waals surface area contributed by atoms with Crippen molar-refractivity contribution in [1.29, 1.82) is 0 Å². The Hall–Kier alpha value is -2.56. The number of ether oxygens (including phenoxy) is 1. The molecule has 0 saturated heterocycles. The van der Waals surface area contributed by atoms with Crippen molar-refractivity contribution < 1.29 is 9.53 Å². The number of halogens is 2. The molecule has 1 aliphatic rings. The summed E-state index contributed by atoms with van der Waals surface area (Å²) in [5.74, 6) is 0.805. The SMILES string of the molecule is O=C1/C(=C/c2cccc(Cl)c2Cl)CCc2cc(OCCn3ccnc3)ccc21. The molecule has 1 aliphatic carbocycles.